The van der Waals surface area contributed by atoms with Crippen LogP contribution in [0.5, 0.6) is 5.75 Å². The summed E-state index contributed by atoms with van der Waals surface area (Å²) >= 11 is 0. The van der Waals surface area contributed by atoms with E-state index >= 15 is 0 Å². The van der Waals surface area contributed by atoms with Gasteiger partial charge in [-0.2, -0.15) is 0 Å². The number of hydrogen-bond acceptors (Lipinski definition) is 2. The zero-order valence-corrected chi connectivity index (χ0v) is 12.1. The number of hydrogen-bond donors (Lipinski definition) is 1. The van der Waals surface area contributed by atoms with Gasteiger partial charge in [-0.25, -0.2) is 4.39 Å². The summed E-state index contributed by atoms with van der Waals surface area (Å²) in [5.74, 6) is 0.0875. The Balaban J connectivity index is 2.06. The fraction of sp³-hybridized carbons (Fsp3) is 0.235. The number of rotatable bonds is 5. The molecule has 0 aliphatic rings. The Morgan fingerprint density at radius 2 is 1.95 bits per heavy atom. The second kappa shape index (κ2) is 6.88. The normalized spacial score (nSPS) is 11.8. The third kappa shape index (κ3) is 4.05. The third-order valence-electron chi connectivity index (χ3n) is 3.13. The summed E-state index contributed by atoms with van der Waals surface area (Å²) in [6.07, 6.45) is -0.0436. The van der Waals surface area contributed by atoms with E-state index in [1.165, 1.54) is 12.1 Å². The number of amides is 1. The Kier molecular flexibility index (Phi) is 4.93. The van der Waals surface area contributed by atoms with Crippen molar-refractivity contribution in [2.45, 2.75) is 26.4 Å². The van der Waals surface area contributed by atoms with Crippen LogP contribution >= 0.6 is 0 Å². The van der Waals surface area contributed by atoms with Crippen LogP contribution in [-0.4, -0.2) is 12.0 Å². The molecule has 0 aliphatic carbocycles. The maximum absolute atomic E-state index is 13.1. The number of carbonyl (C=O) groups is 1. The van der Waals surface area contributed by atoms with Crippen molar-refractivity contribution in [1.82, 2.24) is 0 Å². The molecule has 0 unspecified atom stereocenters. The fourth-order valence-electron chi connectivity index (χ4n) is 1.97. The highest BCUT2D eigenvalue weighted by Crippen LogP contribution is 2.18. The second-order valence-electron chi connectivity index (χ2n) is 4.78. The highest BCUT2D eigenvalue weighted by Gasteiger charge is 2.19. The average Bonchev–Trinajstić information content (AvgIpc) is 2.48. The van der Waals surface area contributed by atoms with Crippen molar-refractivity contribution < 1.29 is 13.9 Å². The van der Waals surface area contributed by atoms with Crippen LogP contribution in [0.15, 0.2) is 48.5 Å². The van der Waals surface area contributed by atoms with Gasteiger partial charge in [-0.3, -0.25) is 4.79 Å². The summed E-state index contributed by atoms with van der Waals surface area (Å²) in [7, 11) is 0. The van der Waals surface area contributed by atoms with Crippen molar-refractivity contribution in [2.75, 3.05) is 5.32 Å². The Morgan fingerprint density at radius 3 is 2.57 bits per heavy atom. The van der Waals surface area contributed by atoms with Gasteiger partial charge in [0.2, 0.25) is 0 Å². The minimum Gasteiger partial charge on any atom is -0.481 e. The third-order valence-corrected chi connectivity index (χ3v) is 3.13. The number of aryl methyl sites for hydroxylation is 1. The zero-order valence-electron chi connectivity index (χ0n) is 12.1. The van der Waals surface area contributed by atoms with Gasteiger partial charge in [-0.15, -0.1) is 0 Å². The van der Waals surface area contributed by atoms with E-state index in [0.717, 1.165) is 0 Å². The molecule has 0 aliphatic heterocycles. The predicted molar refractivity (Wildman–Crippen MR) is 80.9 cm³/mol. The molecule has 21 heavy (non-hydrogen) atoms. The van der Waals surface area contributed by atoms with Gasteiger partial charge in [0.05, 0.1) is 0 Å². The fourth-order valence-corrected chi connectivity index (χ4v) is 1.97. The van der Waals surface area contributed by atoms with E-state index < -0.39 is 6.10 Å². The van der Waals surface area contributed by atoms with Crippen LogP contribution in [0, 0.1) is 12.7 Å². The van der Waals surface area contributed by atoms with Crippen LogP contribution in [0.2, 0.25) is 0 Å². The summed E-state index contributed by atoms with van der Waals surface area (Å²) < 4.78 is 18.7. The van der Waals surface area contributed by atoms with E-state index in [0.29, 0.717) is 23.4 Å². The van der Waals surface area contributed by atoms with Crippen molar-refractivity contribution in [3.63, 3.8) is 0 Å². The van der Waals surface area contributed by atoms with Crippen molar-refractivity contribution >= 4 is 11.6 Å². The lowest BCUT2D eigenvalue weighted by Crippen LogP contribution is -2.32. The molecule has 2 aromatic carbocycles. The molecule has 110 valence electrons. The van der Waals surface area contributed by atoms with Crippen LogP contribution in [0.1, 0.15) is 18.9 Å². The van der Waals surface area contributed by atoms with Gasteiger partial charge < -0.3 is 10.1 Å². The molecule has 2 rings (SSSR count). The van der Waals surface area contributed by atoms with E-state index in [4.69, 9.17) is 4.74 Å². The van der Waals surface area contributed by atoms with Gasteiger partial charge in [0.25, 0.3) is 5.91 Å². The maximum atomic E-state index is 13.1. The molecule has 0 fully saturated rings. The highest BCUT2D eigenvalue weighted by atomic mass is 19.1. The zero-order chi connectivity index (χ0) is 15.2. The Morgan fingerprint density at radius 1 is 1.24 bits per heavy atom. The Hall–Kier alpha value is -2.36. The largest absolute Gasteiger partial charge is 0.481 e. The number of nitrogens with one attached hydrogen (secondary N) is 1. The van der Waals surface area contributed by atoms with Crippen LogP contribution < -0.4 is 10.1 Å². The number of carbonyl (C=O) groups excluding carboxylic acids is 1. The number of halogens is 1. The van der Waals surface area contributed by atoms with Crippen LogP contribution in [0.4, 0.5) is 10.1 Å². The smallest absolute Gasteiger partial charge is 0.265 e. The minimum atomic E-state index is -0.586. The number of benzene rings is 2. The molecule has 0 aromatic heterocycles. The molecule has 0 bridgehead atoms. The number of anilines is 1. The van der Waals surface area contributed by atoms with Gasteiger partial charge in [-0.05, 0) is 49.2 Å². The lowest BCUT2D eigenvalue weighted by atomic mass is 10.1. The number of para-hydroxylation sites is 1. The van der Waals surface area contributed by atoms with E-state index in [2.05, 4.69) is 5.32 Å². The standard InChI is InChI=1S/C17H18FNO2/c1-3-16(21-14-7-5-4-6-8-14)17(20)19-15-10-9-13(18)11-12(15)2/h4-11,16H,3H2,1-2H3,(H,19,20)/t16-/m1/s1. The quantitative estimate of drug-likeness (QED) is 0.905. The predicted octanol–water partition coefficient (Wildman–Crippen LogP) is 3.93. The van der Waals surface area contributed by atoms with E-state index in [9.17, 15) is 9.18 Å². The molecule has 1 N–H and O–H groups in total. The SMILES string of the molecule is CC[C@@H](Oc1ccccc1)C(=O)Nc1ccc(F)cc1C. The molecule has 0 radical (unpaired) electrons. The van der Waals surface area contributed by atoms with Gasteiger partial charge in [-0.1, -0.05) is 25.1 Å². The lowest BCUT2D eigenvalue weighted by Gasteiger charge is -2.18. The Labute approximate surface area is 123 Å². The molecule has 0 heterocycles. The summed E-state index contributed by atoms with van der Waals surface area (Å²) in [5, 5.41) is 2.78. The molecular weight excluding hydrogens is 269 g/mol. The highest BCUT2D eigenvalue weighted by molar-refractivity contribution is 5.95. The van der Waals surface area contributed by atoms with Crippen molar-refractivity contribution in [3.05, 3.63) is 59.9 Å². The summed E-state index contributed by atoms with van der Waals surface area (Å²) in [4.78, 5) is 12.3. The molecule has 2 aromatic rings. The first-order valence-corrected chi connectivity index (χ1v) is 6.89. The van der Waals surface area contributed by atoms with E-state index in [1.54, 1.807) is 25.1 Å². The van der Waals surface area contributed by atoms with Crippen molar-refractivity contribution in [1.29, 1.82) is 0 Å². The van der Waals surface area contributed by atoms with E-state index in [-0.39, 0.29) is 11.7 Å². The number of ether oxygens (including phenoxy) is 1. The molecule has 0 saturated carbocycles. The first-order valence-electron chi connectivity index (χ1n) is 6.89. The summed E-state index contributed by atoms with van der Waals surface area (Å²) in [6.45, 7) is 3.63. The van der Waals surface area contributed by atoms with Gasteiger partial charge >= 0.3 is 0 Å². The second-order valence-corrected chi connectivity index (χ2v) is 4.78. The van der Waals surface area contributed by atoms with Gasteiger partial charge in [0.1, 0.15) is 11.6 Å². The lowest BCUT2D eigenvalue weighted by molar-refractivity contribution is -0.122. The molecule has 0 spiro atoms. The topological polar surface area (TPSA) is 38.3 Å². The molecular formula is C17H18FNO2. The molecule has 1 atom stereocenters. The molecule has 3 nitrogen and oxygen atoms in total. The first kappa shape index (κ1) is 15.0. The Bertz CT molecular complexity index is 613. The summed E-state index contributed by atoms with van der Waals surface area (Å²) in [6, 6.07) is 13.5. The maximum Gasteiger partial charge on any atom is 0.265 e. The van der Waals surface area contributed by atoms with Crippen LogP contribution in [0.3, 0.4) is 0 Å². The van der Waals surface area contributed by atoms with Gasteiger partial charge in [0, 0.05) is 5.69 Å². The van der Waals surface area contributed by atoms with Crippen LogP contribution in [-0.2, 0) is 4.79 Å². The molecule has 1 amide bonds. The monoisotopic (exact) mass is 287 g/mol. The van der Waals surface area contributed by atoms with Crippen molar-refractivity contribution in [3.8, 4) is 5.75 Å². The molecule has 4 heteroatoms. The first-order chi connectivity index (χ1) is 10.1. The van der Waals surface area contributed by atoms with E-state index in [1.807, 2.05) is 25.1 Å². The van der Waals surface area contributed by atoms with Gasteiger partial charge in [0.15, 0.2) is 6.10 Å². The van der Waals surface area contributed by atoms with Crippen LogP contribution in [0.25, 0.3) is 0 Å². The minimum absolute atomic E-state index is 0.240. The average molecular weight is 287 g/mol. The molecule has 0 saturated heterocycles. The summed E-state index contributed by atoms with van der Waals surface area (Å²) in [5.41, 5.74) is 1.27. The van der Waals surface area contributed by atoms with Crippen molar-refractivity contribution in [2.24, 2.45) is 0 Å².